The van der Waals surface area contributed by atoms with Crippen molar-refractivity contribution in [1.29, 1.82) is 0 Å². The first-order valence-corrected chi connectivity index (χ1v) is 8.72. The van der Waals surface area contributed by atoms with E-state index in [1.807, 2.05) is 18.6 Å². The molecule has 4 atom stereocenters. The van der Waals surface area contributed by atoms with Crippen molar-refractivity contribution in [2.24, 2.45) is 16.8 Å². The van der Waals surface area contributed by atoms with Crippen molar-refractivity contribution in [2.75, 3.05) is 26.7 Å². The predicted octanol–water partition coefficient (Wildman–Crippen LogP) is 1.99. The second kappa shape index (κ2) is 7.00. The van der Waals surface area contributed by atoms with E-state index in [9.17, 15) is 0 Å². The highest BCUT2D eigenvalue weighted by atomic mass is 127. The molecule has 0 amide bonds. The van der Waals surface area contributed by atoms with Gasteiger partial charge in [-0.15, -0.1) is 35.3 Å². The van der Waals surface area contributed by atoms with Gasteiger partial charge in [-0.2, -0.15) is 0 Å². The van der Waals surface area contributed by atoms with E-state index in [1.165, 1.54) is 17.8 Å². The van der Waals surface area contributed by atoms with Crippen LogP contribution in [0.5, 0.6) is 0 Å². The van der Waals surface area contributed by atoms with E-state index in [-0.39, 0.29) is 24.0 Å². The molecule has 3 saturated heterocycles. The lowest BCUT2D eigenvalue weighted by Crippen LogP contribution is -2.42. The Bertz CT molecular complexity index is 506. The van der Waals surface area contributed by atoms with Gasteiger partial charge in [0, 0.05) is 56.5 Å². The maximum Gasteiger partial charge on any atom is 0.193 e. The molecule has 0 aromatic carbocycles. The maximum absolute atomic E-state index is 6.04. The highest BCUT2D eigenvalue weighted by Crippen LogP contribution is 2.47. The van der Waals surface area contributed by atoms with Crippen molar-refractivity contribution >= 4 is 41.3 Å². The van der Waals surface area contributed by atoms with Crippen LogP contribution in [0, 0.1) is 11.8 Å². The number of rotatable bonds is 3. The SMILES string of the molecule is CN=C(NCCc1nccs1)N1CC2C3CCC(O3)C2C1.I. The summed E-state index contributed by atoms with van der Waals surface area (Å²) in [4.78, 5) is 11.2. The Morgan fingerprint density at radius 3 is 2.73 bits per heavy atom. The molecule has 0 radical (unpaired) electrons. The standard InChI is InChI=1S/C15H22N4OS.HI/c1-16-15(18-5-4-14-17-6-7-21-14)19-8-10-11(9-19)13-3-2-12(10)20-13;/h6-7,10-13H,2-5,8-9H2,1H3,(H,16,18);1H. The van der Waals surface area contributed by atoms with Gasteiger partial charge in [-0.25, -0.2) is 4.98 Å². The quantitative estimate of drug-likeness (QED) is 0.449. The van der Waals surface area contributed by atoms with Crippen molar-refractivity contribution in [3.63, 3.8) is 0 Å². The van der Waals surface area contributed by atoms with Gasteiger partial charge in [0.2, 0.25) is 0 Å². The van der Waals surface area contributed by atoms with Crippen LogP contribution in [0.25, 0.3) is 0 Å². The fraction of sp³-hybridized carbons (Fsp3) is 0.733. The number of ether oxygens (including phenoxy) is 1. The topological polar surface area (TPSA) is 49.8 Å². The van der Waals surface area contributed by atoms with Crippen LogP contribution in [0.15, 0.2) is 16.6 Å². The molecule has 4 heterocycles. The highest BCUT2D eigenvalue weighted by molar-refractivity contribution is 14.0. The highest BCUT2D eigenvalue weighted by Gasteiger charge is 2.53. The molecular formula is C15H23IN4OS. The second-order valence-corrected chi connectivity index (χ2v) is 7.15. The number of aliphatic imine (C=N–C) groups is 1. The van der Waals surface area contributed by atoms with Crippen molar-refractivity contribution in [3.05, 3.63) is 16.6 Å². The number of likely N-dealkylation sites (tertiary alicyclic amines) is 1. The predicted molar refractivity (Wildman–Crippen MR) is 99.0 cm³/mol. The molecule has 2 bridgehead atoms. The molecule has 0 aliphatic carbocycles. The molecule has 3 aliphatic rings. The molecule has 7 heteroatoms. The first kappa shape index (κ1) is 16.4. The average Bonchev–Trinajstić information content (AvgIpc) is 3.25. The van der Waals surface area contributed by atoms with Crippen LogP contribution in [0.3, 0.4) is 0 Å². The van der Waals surface area contributed by atoms with E-state index in [0.29, 0.717) is 12.2 Å². The number of aromatic nitrogens is 1. The summed E-state index contributed by atoms with van der Waals surface area (Å²) in [7, 11) is 1.88. The minimum Gasteiger partial charge on any atom is -0.374 e. The van der Waals surface area contributed by atoms with Gasteiger partial charge < -0.3 is 15.0 Å². The van der Waals surface area contributed by atoms with Crippen LogP contribution in [-0.2, 0) is 11.2 Å². The van der Waals surface area contributed by atoms with Crippen LogP contribution in [0.1, 0.15) is 17.8 Å². The van der Waals surface area contributed by atoms with Gasteiger partial charge in [0.1, 0.15) is 0 Å². The van der Waals surface area contributed by atoms with Gasteiger partial charge in [-0.1, -0.05) is 0 Å². The first-order valence-electron chi connectivity index (χ1n) is 7.84. The molecule has 0 saturated carbocycles. The van der Waals surface area contributed by atoms with Crippen LogP contribution in [0.2, 0.25) is 0 Å². The summed E-state index contributed by atoms with van der Waals surface area (Å²) in [5.74, 6) is 2.49. The fourth-order valence-electron chi connectivity index (χ4n) is 4.12. The van der Waals surface area contributed by atoms with E-state index in [0.717, 1.165) is 43.9 Å². The lowest BCUT2D eigenvalue weighted by atomic mass is 9.82. The maximum atomic E-state index is 6.04. The Morgan fingerprint density at radius 1 is 1.41 bits per heavy atom. The molecule has 1 aromatic heterocycles. The van der Waals surface area contributed by atoms with E-state index in [1.54, 1.807) is 11.3 Å². The zero-order chi connectivity index (χ0) is 14.2. The van der Waals surface area contributed by atoms with Gasteiger partial charge >= 0.3 is 0 Å². The van der Waals surface area contributed by atoms with E-state index in [2.05, 4.69) is 20.2 Å². The van der Waals surface area contributed by atoms with Crippen molar-refractivity contribution in [1.82, 2.24) is 15.2 Å². The minimum atomic E-state index is 0. The summed E-state index contributed by atoms with van der Waals surface area (Å²) < 4.78 is 6.04. The number of nitrogens with one attached hydrogen (secondary N) is 1. The number of hydrogen-bond acceptors (Lipinski definition) is 4. The van der Waals surface area contributed by atoms with Crippen LogP contribution >= 0.6 is 35.3 Å². The zero-order valence-electron chi connectivity index (χ0n) is 12.8. The number of guanidine groups is 1. The lowest BCUT2D eigenvalue weighted by molar-refractivity contribution is 0.0767. The number of hydrogen-bond donors (Lipinski definition) is 1. The lowest BCUT2D eigenvalue weighted by Gasteiger charge is -2.23. The number of halogens is 1. The molecule has 1 aromatic rings. The molecule has 5 nitrogen and oxygen atoms in total. The Labute approximate surface area is 152 Å². The Balaban J connectivity index is 0.00000144. The van der Waals surface area contributed by atoms with Gasteiger partial charge in [0.05, 0.1) is 17.2 Å². The normalized spacial score (nSPS) is 33.0. The third kappa shape index (κ3) is 2.99. The summed E-state index contributed by atoms with van der Waals surface area (Å²) >= 11 is 1.72. The summed E-state index contributed by atoms with van der Waals surface area (Å²) in [6.07, 6.45) is 6.38. The van der Waals surface area contributed by atoms with Gasteiger partial charge in [0.25, 0.3) is 0 Å². The van der Waals surface area contributed by atoms with Crippen molar-refractivity contribution < 1.29 is 4.74 Å². The third-order valence-corrected chi connectivity index (χ3v) is 5.91. The first-order chi connectivity index (χ1) is 10.3. The molecule has 1 N–H and O–H groups in total. The van der Waals surface area contributed by atoms with Crippen molar-refractivity contribution in [2.45, 2.75) is 31.5 Å². The van der Waals surface area contributed by atoms with E-state index in [4.69, 9.17) is 4.74 Å². The Morgan fingerprint density at radius 2 is 2.14 bits per heavy atom. The summed E-state index contributed by atoms with van der Waals surface area (Å²) in [5.41, 5.74) is 0. The summed E-state index contributed by atoms with van der Waals surface area (Å²) in [5, 5.41) is 6.70. The molecule has 3 fully saturated rings. The van der Waals surface area contributed by atoms with Crippen LogP contribution in [-0.4, -0.2) is 54.7 Å². The Kier molecular flexibility index (Phi) is 5.24. The summed E-state index contributed by atoms with van der Waals surface area (Å²) in [6, 6.07) is 0. The molecule has 122 valence electrons. The third-order valence-electron chi connectivity index (χ3n) is 5.07. The molecule has 0 spiro atoms. The van der Waals surface area contributed by atoms with E-state index >= 15 is 0 Å². The minimum absolute atomic E-state index is 0. The largest absolute Gasteiger partial charge is 0.374 e. The van der Waals surface area contributed by atoms with Gasteiger partial charge in [-0.3, -0.25) is 4.99 Å². The average molecular weight is 434 g/mol. The smallest absolute Gasteiger partial charge is 0.193 e. The number of nitrogens with zero attached hydrogens (tertiary/aromatic N) is 3. The molecule has 3 aliphatic heterocycles. The molecular weight excluding hydrogens is 411 g/mol. The van der Waals surface area contributed by atoms with Gasteiger partial charge in [0.15, 0.2) is 5.96 Å². The number of fused-ring (bicyclic) bond motifs is 5. The fourth-order valence-corrected chi connectivity index (χ4v) is 4.74. The van der Waals surface area contributed by atoms with Gasteiger partial charge in [-0.05, 0) is 12.8 Å². The molecule has 4 rings (SSSR count). The second-order valence-electron chi connectivity index (χ2n) is 6.17. The van der Waals surface area contributed by atoms with Crippen LogP contribution < -0.4 is 5.32 Å². The monoisotopic (exact) mass is 434 g/mol. The van der Waals surface area contributed by atoms with Crippen LogP contribution in [0.4, 0.5) is 0 Å². The number of thiazole rings is 1. The zero-order valence-corrected chi connectivity index (χ0v) is 15.9. The molecule has 4 unspecified atom stereocenters. The summed E-state index contributed by atoms with van der Waals surface area (Å²) in [6.45, 7) is 3.10. The molecule has 22 heavy (non-hydrogen) atoms. The van der Waals surface area contributed by atoms with Crippen molar-refractivity contribution in [3.8, 4) is 0 Å². The van der Waals surface area contributed by atoms with E-state index < -0.39 is 0 Å². The Hall–Kier alpha value is -0.410.